The predicted molar refractivity (Wildman–Crippen MR) is 101 cm³/mol. The number of ether oxygens (including phenoxy) is 1. The minimum atomic E-state index is -3.29. The maximum Gasteiger partial charge on any atom is 0.257 e. The summed E-state index contributed by atoms with van der Waals surface area (Å²) in [7, 11) is -3.29. The van der Waals surface area contributed by atoms with Gasteiger partial charge in [-0.05, 0) is 36.5 Å². The van der Waals surface area contributed by atoms with Gasteiger partial charge in [0.25, 0.3) is 5.91 Å². The third-order valence-electron chi connectivity index (χ3n) is 4.50. The van der Waals surface area contributed by atoms with Crippen molar-refractivity contribution in [2.24, 2.45) is 5.92 Å². The molecule has 2 aromatic rings. The summed E-state index contributed by atoms with van der Waals surface area (Å²) >= 11 is 0. The molecule has 3 rings (SSSR count). The number of nitrogens with one attached hydrogen (secondary N) is 1. The molecule has 7 nitrogen and oxygen atoms in total. The van der Waals surface area contributed by atoms with E-state index < -0.39 is 9.84 Å². The first-order valence-corrected chi connectivity index (χ1v) is 10.5. The molecule has 1 aromatic heterocycles. The fraction of sp³-hybridized carbons (Fsp3) is 0.368. The van der Waals surface area contributed by atoms with Crippen molar-refractivity contribution in [2.75, 3.05) is 24.3 Å². The van der Waals surface area contributed by atoms with Crippen LogP contribution in [-0.4, -0.2) is 38.4 Å². The molecule has 8 heteroatoms. The zero-order valence-electron chi connectivity index (χ0n) is 15.1. The second-order valence-corrected chi connectivity index (χ2v) is 8.58. The van der Waals surface area contributed by atoms with E-state index in [1.807, 2.05) is 6.08 Å². The molecule has 144 valence electrons. The molecule has 1 aromatic carbocycles. The Labute approximate surface area is 158 Å². The molecule has 0 saturated carbocycles. The van der Waals surface area contributed by atoms with Crippen molar-refractivity contribution in [1.29, 1.82) is 0 Å². The number of sulfone groups is 1. The van der Waals surface area contributed by atoms with Crippen LogP contribution < -0.4 is 5.32 Å². The maximum absolute atomic E-state index is 12.8. The lowest BCUT2D eigenvalue weighted by Gasteiger charge is -2.20. The van der Waals surface area contributed by atoms with Crippen LogP contribution in [0.2, 0.25) is 0 Å². The topological polar surface area (TPSA) is 98.5 Å². The van der Waals surface area contributed by atoms with Gasteiger partial charge in [-0.15, -0.1) is 0 Å². The SMILES string of the molecule is CCS(=O)(=O)c1ccc(/C(=C\C2CCOCC2)C(=O)Nc2ccon2)cc1. The summed E-state index contributed by atoms with van der Waals surface area (Å²) < 4.78 is 34.2. The molecule has 0 bridgehead atoms. The molecule has 1 amide bonds. The van der Waals surface area contributed by atoms with Crippen molar-refractivity contribution in [3.8, 4) is 0 Å². The number of benzene rings is 1. The lowest BCUT2D eigenvalue weighted by atomic mass is 9.94. The number of hydrogen-bond acceptors (Lipinski definition) is 6. The first-order valence-electron chi connectivity index (χ1n) is 8.84. The molecule has 0 aliphatic carbocycles. The Morgan fingerprint density at radius 1 is 1.22 bits per heavy atom. The van der Waals surface area contributed by atoms with Crippen LogP contribution in [0, 0.1) is 5.92 Å². The zero-order valence-corrected chi connectivity index (χ0v) is 15.9. The minimum absolute atomic E-state index is 0.0315. The van der Waals surface area contributed by atoms with E-state index in [1.165, 1.54) is 18.4 Å². The Bertz CT molecular complexity index is 896. The number of aromatic nitrogens is 1. The van der Waals surface area contributed by atoms with Crippen molar-refractivity contribution >= 4 is 27.1 Å². The first kappa shape index (κ1) is 19.3. The van der Waals surface area contributed by atoms with Crippen LogP contribution in [0.3, 0.4) is 0 Å². The monoisotopic (exact) mass is 390 g/mol. The van der Waals surface area contributed by atoms with Gasteiger partial charge in [-0.2, -0.15) is 0 Å². The molecule has 0 radical (unpaired) electrons. The van der Waals surface area contributed by atoms with Gasteiger partial charge in [-0.3, -0.25) is 4.79 Å². The summed E-state index contributed by atoms with van der Waals surface area (Å²) in [5.74, 6) is 0.254. The smallest absolute Gasteiger partial charge is 0.257 e. The van der Waals surface area contributed by atoms with Crippen LogP contribution in [-0.2, 0) is 19.4 Å². The number of amides is 1. The zero-order chi connectivity index (χ0) is 19.3. The fourth-order valence-corrected chi connectivity index (χ4v) is 3.77. The fourth-order valence-electron chi connectivity index (χ4n) is 2.89. The Morgan fingerprint density at radius 3 is 2.52 bits per heavy atom. The average Bonchev–Trinajstić information content (AvgIpc) is 3.20. The molecule has 27 heavy (non-hydrogen) atoms. The lowest BCUT2D eigenvalue weighted by Crippen LogP contribution is -2.18. The van der Waals surface area contributed by atoms with Gasteiger partial charge in [0, 0.05) is 24.9 Å². The minimum Gasteiger partial charge on any atom is -0.381 e. The van der Waals surface area contributed by atoms with Gasteiger partial charge in [0.2, 0.25) is 0 Å². The van der Waals surface area contributed by atoms with E-state index in [-0.39, 0.29) is 22.5 Å². The van der Waals surface area contributed by atoms with Crippen LogP contribution >= 0.6 is 0 Å². The largest absolute Gasteiger partial charge is 0.381 e. The number of carbonyl (C=O) groups excluding carboxylic acids is 1. The van der Waals surface area contributed by atoms with Gasteiger partial charge in [0.1, 0.15) is 6.26 Å². The second-order valence-electron chi connectivity index (χ2n) is 6.30. The van der Waals surface area contributed by atoms with Crippen molar-refractivity contribution < 1.29 is 22.5 Å². The van der Waals surface area contributed by atoms with Crippen LogP contribution in [0.4, 0.5) is 5.82 Å². The Morgan fingerprint density at radius 2 is 1.93 bits per heavy atom. The third-order valence-corrected chi connectivity index (χ3v) is 6.25. The summed E-state index contributed by atoms with van der Waals surface area (Å²) in [5, 5.41) is 6.41. The van der Waals surface area contributed by atoms with Crippen LogP contribution in [0.1, 0.15) is 25.3 Å². The van der Waals surface area contributed by atoms with E-state index in [0.29, 0.717) is 30.2 Å². The van der Waals surface area contributed by atoms with Crippen molar-refractivity contribution in [3.05, 3.63) is 48.2 Å². The van der Waals surface area contributed by atoms with Crippen LogP contribution in [0.5, 0.6) is 0 Å². The van der Waals surface area contributed by atoms with Gasteiger partial charge >= 0.3 is 0 Å². The van der Waals surface area contributed by atoms with Gasteiger partial charge in [-0.25, -0.2) is 8.42 Å². The molecular formula is C19H22N2O5S. The molecule has 1 N–H and O–H groups in total. The summed E-state index contributed by atoms with van der Waals surface area (Å²) in [6, 6.07) is 7.96. The summed E-state index contributed by atoms with van der Waals surface area (Å²) in [6.07, 6.45) is 4.98. The number of anilines is 1. The van der Waals surface area contributed by atoms with E-state index in [4.69, 9.17) is 9.26 Å². The molecule has 1 aliphatic heterocycles. The molecule has 1 aliphatic rings. The maximum atomic E-state index is 12.8. The molecule has 1 saturated heterocycles. The molecule has 0 atom stereocenters. The van der Waals surface area contributed by atoms with E-state index in [2.05, 4.69) is 10.5 Å². The summed E-state index contributed by atoms with van der Waals surface area (Å²) in [6.45, 7) is 2.92. The van der Waals surface area contributed by atoms with Crippen LogP contribution in [0.25, 0.3) is 5.57 Å². The number of carbonyl (C=O) groups is 1. The first-order chi connectivity index (χ1) is 13.0. The average molecular weight is 390 g/mol. The second kappa shape index (κ2) is 8.49. The Hall–Kier alpha value is -2.45. The van der Waals surface area contributed by atoms with Gasteiger partial charge in [-0.1, -0.05) is 30.3 Å². The normalized spacial score (nSPS) is 16.3. The highest BCUT2D eigenvalue weighted by Crippen LogP contribution is 2.25. The van der Waals surface area contributed by atoms with E-state index in [0.717, 1.165) is 12.8 Å². The summed E-state index contributed by atoms with van der Waals surface area (Å²) in [4.78, 5) is 13.1. The van der Waals surface area contributed by atoms with E-state index in [1.54, 1.807) is 25.1 Å². The van der Waals surface area contributed by atoms with Crippen LogP contribution in [0.15, 0.2) is 52.1 Å². The van der Waals surface area contributed by atoms with Gasteiger partial charge in [0.15, 0.2) is 15.7 Å². The van der Waals surface area contributed by atoms with Gasteiger partial charge in [0.05, 0.1) is 10.6 Å². The van der Waals surface area contributed by atoms with Crippen molar-refractivity contribution in [1.82, 2.24) is 5.16 Å². The van der Waals surface area contributed by atoms with E-state index >= 15 is 0 Å². The van der Waals surface area contributed by atoms with Gasteiger partial charge < -0.3 is 14.6 Å². The lowest BCUT2D eigenvalue weighted by molar-refractivity contribution is -0.111. The number of allylic oxidation sites excluding steroid dienone is 1. The highest BCUT2D eigenvalue weighted by atomic mass is 32.2. The highest BCUT2D eigenvalue weighted by Gasteiger charge is 2.19. The molecule has 0 unspecified atom stereocenters. The van der Waals surface area contributed by atoms with Crippen molar-refractivity contribution in [3.63, 3.8) is 0 Å². The molecule has 2 heterocycles. The highest BCUT2D eigenvalue weighted by molar-refractivity contribution is 7.91. The van der Waals surface area contributed by atoms with E-state index in [9.17, 15) is 13.2 Å². The Balaban J connectivity index is 1.91. The molecule has 0 spiro atoms. The molecular weight excluding hydrogens is 368 g/mol. The summed E-state index contributed by atoms with van der Waals surface area (Å²) in [5.41, 5.74) is 1.13. The number of hydrogen-bond donors (Lipinski definition) is 1. The van der Waals surface area contributed by atoms with Crippen molar-refractivity contribution in [2.45, 2.75) is 24.7 Å². The Kier molecular flexibility index (Phi) is 6.08. The predicted octanol–water partition coefficient (Wildman–Crippen LogP) is 2.92. The third kappa shape index (κ3) is 4.84. The number of nitrogens with zero attached hydrogens (tertiary/aromatic N) is 1. The molecule has 1 fully saturated rings. The number of rotatable bonds is 6. The standard InChI is InChI=1S/C19H22N2O5S/c1-2-27(23,24)16-5-3-15(4-6-16)17(13-14-7-10-25-11-8-14)19(22)20-18-9-12-26-21-18/h3-6,9,12-14H,2,7-8,10-11H2,1H3,(H,20,21,22)/b17-13+. The quantitative estimate of drug-likeness (QED) is 0.762.